The molecule has 0 bridgehead atoms. The molecule has 4 rings (SSSR count). The summed E-state index contributed by atoms with van der Waals surface area (Å²) >= 11 is 0. The lowest BCUT2D eigenvalue weighted by molar-refractivity contribution is -0.137. The summed E-state index contributed by atoms with van der Waals surface area (Å²) in [6, 6.07) is 11.3. The van der Waals surface area contributed by atoms with Crippen LogP contribution in [0.5, 0.6) is 0 Å². The van der Waals surface area contributed by atoms with Crippen LogP contribution in [0.15, 0.2) is 60.9 Å². The molecule has 7 heteroatoms. The van der Waals surface area contributed by atoms with Gasteiger partial charge in [0.25, 0.3) is 0 Å². The molecule has 0 unspecified atom stereocenters. The van der Waals surface area contributed by atoms with Crippen molar-refractivity contribution >= 4 is 22.5 Å². The van der Waals surface area contributed by atoms with E-state index in [1.807, 2.05) is 0 Å². The lowest BCUT2D eigenvalue weighted by Gasteiger charge is -2.12. The van der Waals surface area contributed by atoms with Crippen molar-refractivity contribution < 1.29 is 23.1 Å². The Labute approximate surface area is 145 Å². The number of aromatic nitrogens is 2. The second-order valence-corrected chi connectivity index (χ2v) is 5.83. The van der Waals surface area contributed by atoms with E-state index in [0.29, 0.717) is 22.3 Å². The molecule has 2 aromatic carbocycles. The number of hydrogen-bond acceptors (Lipinski definition) is 2. The maximum Gasteiger partial charge on any atom is 0.416 e. The van der Waals surface area contributed by atoms with E-state index in [1.54, 1.807) is 28.9 Å². The van der Waals surface area contributed by atoms with Crippen LogP contribution in [0.2, 0.25) is 0 Å². The summed E-state index contributed by atoms with van der Waals surface area (Å²) in [6.45, 7) is 0. The Balaban J connectivity index is 1.98. The highest BCUT2D eigenvalue weighted by atomic mass is 19.4. The number of nitrogens with zero attached hydrogens (tertiary/aromatic N) is 2. The molecule has 4 nitrogen and oxygen atoms in total. The Morgan fingerprint density at radius 1 is 1.04 bits per heavy atom. The van der Waals surface area contributed by atoms with Gasteiger partial charge in [-0.3, -0.25) is 4.40 Å². The zero-order chi connectivity index (χ0) is 18.5. The normalized spacial score (nSPS) is 12.0. The molecule has 2 aromatic heterocycles. The van der Waals surface area contributed by atoms with Crippen LogP contribution in [0, 0.1) is 0 Å². The largest absolute Gasteiger partial charge is 0.478 e. The number of carboxylic acids is 1. The van der Waals surface area contributed by atoms with Gasteiger partial charge in [-0.05, 0) is 41.5 Å². The number of pyridine rings is 1. The summed E-state index contributed by atoms with van der Waals surface area (Å²) in [7, 11) is 0. The maximum atomic E-state index is 12.8. The smallest absolute Gasteiger partial charge is 0.416 e. The van der Waals surface area contributed by atoms with Gasteiger partial charge in [-0.2, -0.15) is 13.2 Å². The predicted octanol–water partition coefficient (Wildman–Crippen LogP) is 4.87. The number of hydrogen-bond donors (Lipinski definition) is 1. The average molecular weight is 356 g/mol. The Hall–Kier alpha value is -3.35. The molecular formula is C19H11F3N2O2. The van der Waals surface area contributed by atoms with Crippen LogP contribution in [0.4, 0.5) is 13.2 Å². The second kappa shape index (κ2) is 5.59. The molecule has 0 atom stereocenters. The summed E-state index contributed by atoms with van der Waals surface area (Å²) in [5.41, 5.74) is 1.88. The van der Waals surface area contributed by atoms with Crippen molar-refractivity contribution in [1.29, 1.82) is 0 Å². The molecule has 0 saturated carbocycles. The van der Waals surface area contributed by atoms with Crippen LogP contribution < -0.4 is 0 Å². The number of alkyl halides is 3. The summed E-state index contributed by atoms with van der Waals surface area (Å²) in [5.74, 6) is -1.06. The number of fused-ring (bicyclic) bond motifs is 3. The van der Waals surface area contributed by atoms with Crippen molar-refractivity contribution in [3.05, 3.63) is 72.1 Å². The fourth-order valence-corrected chi connectivity index (χ4v) is 3.00. The fraction of sp³-hybridized carbons (Fsp3) is 0.0526. The minimum atomic E-state index is -4.40. The van der Waals surface area contributed by atoms with E-state index in [0.717, 1.165) is 17.5 Å². The molecule has 130 valence electrons. The van der Waals surface area contributed by atoms with E-state index in [2.05, 4.69) is 4.98 Å². The molecule has 0 aliphatic carbocycles. The van der Waals surface area contributed by atoms with Crippen LogP contribution in [0.3, 0.4) is 0 Å². The topological polar surface area (TPSA) is 54.6 Å². The van der Waals surface area contributed by atoms with Gasteiger partial charge in [-0.25, -0.2) is 9.78 Å². The Kier molecular flexibility index (Phi) is 3.47. The summed E-state index contributed by atoms with van der Waals surface area (Å²) in [4.78, 5) is 15.5. The van der Waals surface area contributed by atoms with Crippen molar-refractivity contribution in [2.75, 3.05) is 0 Å². The molecule has 2 heterocycles. The summed E-state index contributed by atoms with van der Waals surface area (Å²) in [6.07, 6.45) is -1.11. The Bertz CT molecular complexity index is 1150. The monoisotopic (exact) mass is 356 g/mol. The van der Waals surface area contributed by atoms with Crippen molar-refractivity contribution in [1.82, 2.24) is 9.38 Å². The summed E-state index contributed by atoms with van der Waals surface area (Å²) in [5, 5.41) is 9.95. The molecule has 26 heavy (non-hydrogen) atoms. The lowest BCUT2D eigenvalue weighted by atomic mass is 9.98. The standard InChI is InChI=1S/C19H11F3N2O2/c20-19(21,22)13-4-1-11(2-5-13)15-10-17-23-7-8-24(17)16-9-12(18(25)26)3-6-14(15)16/h1-10H,(H,25,26). The van der Waals surface area contributed by atoms with Crippen molar-refractivity contribution in [3.63, 3.8) is 0 Å². The summed E-state index contributed by atoms with van der Waals surface area (Å²) < 4.78 is 40.1. The van der Waals surface area contributed by atoms with Gasteiger partial charge in [0.05, 0.1) is 16.6 Å². The van der Waals surface area contributed by atoms with Crippen LogP contribution in [-0.2, 0) is 6.18 Å². The third-order valence-corrected chi connectivity index (χ3v) is 4.26. The number of carbonyl (C=O) groups is 1. The molecule has 0 aliphatic heterocycles. The van der Waals surface area contributed by atoms with E-state index >= 15 is 0 Å². The molecule has 0 spiro atoms. The zero-order valence-corrected chi connectivity index (χ0v) is 13.2. The first-order chi connectivity index (χ1) is 12.3. The Morgan fingerprint density at radius 2 is 1.77 bits per heavy atom. The van der Waals surface area contributed by atoms with E-state index in [4.69, 9.17) is 0 Å². The fourth-order valence-electron chi connectivity index (χ4n) is 3.00. The van der Waals surface area contributed by atoms with Gasteiger partial charge in [0.1, 0.15) is 5.65 Å². The van der Waals surface area contributed by atoms with Crippen LogP contribution in [0.25, 0.3) is 27.7 Å². The van der Waals surface area contributed by atoms with Crippen molar-refractivity contribution in [3.8, 4) is 11.1 Å². The highest BCUT2D eigenvalue weighted by Gasteiger charge is 2.30. The first kappa shape index (κ1) is 16.1. The van der Waals surface area contributed by atoms with Gasteiger partial charge in [0, 0.05) is 17.8 Å². The highest BCUT2D eigenvalue weighted by molar-refractivity contribution is 6.00. The zero-order valence-electron chi connectivity index (χ0n) is 13.2. The molecule has 0 radical (unpaired) electrons. The van der Waals surface area contributed by atoms with Gasteiger partial charge in [0.2, 0.25) is 0 Å². The molecule has 1 N–H and O–H groups in total. The number of aromatic carboxylic acids is 1. The van der Waals surface area contributed by atoms with Gasteiger partial charge in [-0.15, -0.1) is 0 Å². The van der Waals surface area contributed by atoms with E-state index in [1.165, 1.54) is 24.3 Å². The first-order valence-electron chi connectivity index (χ1n) is 7.65. The predicted molar refractivity (Wildman–Crippen MR) is 90.1 cm³/mol. The van der Waals surface area contributed by atoms with Crippen molar-refractivity contribution in [2.45, 2.75) is 6.18 Å². The number of halogens is 3. The Morgan fingerprint density at radius 3 is 2.42 bits per heavy atom. The van der Waals surface area contributed by atoms with Gasteiger partial charge < -0.3 is 5.11 Å². The van der Waals surface area contributed by atoms with Gasteiger partial charge in [-0.1, -0.05) is 18.2 Å². The molecule has 0 saturated heterocycles. The third kappa shape index (κ3) is 2.57. The average Bonchev–Trinajstić information content (AvgIpc) is 3.08. The van der Waals surface area contributed by atoms with E-state index in [9.17, 15) is 23.1 Å². The molecule has 0 aliphatic rings. The number of imidazole rings is 1. The van der Waals surface area contributed by atoms with Crippen LogP contribution in [0.1, 0.15) is 15.9 Å². The molecule has 0 fully saturated rings. The lowest BCUT2D eigenvalue weighted by Crippen LogP contribution is -2.04. The maximum absolute atomic E-state index is 12.8. The minimum absolute atomic E-state index is 0.122. The van der Waals surface area contributed by atoms with E-state index < -0.39 is 17.7 Å². The number of carboxylic acid groups (broad SMARTS) is 1. The third-order valence-electron chi connectivity index (χ3n) is 4.26. The molecule has 4 aromatic rings. The van der Waals surface area contributed by atoms with Gasteiger partial charge >= 0.3 is 12.1 Å². The molecule has 0 amide bonds. The number of rotatable bonds is 2. The van der Waals surface area contributed by atoms with E-state index in [-0.39, 0.29) is 5.56 Å². The van der Waals surface area contributed by atoms with Crippen LogP contribution >= 0.6 is 0 Å². The quantitative estimate of drug-likeness (QED) is 0.557. The van der Waals surface area contributed by atoms with Crippen molar-refractivity contribution in [2.24, 2.45) is 0 Å². The highest BCUT2D eigenvalue weighted by Crippen LogP contribution is 2.34. The number of benzene rings is 2. The van der Waals surface area contributed by atoms with Gasteiger partial charge in [0.15, 0.2) is 0 Å². The minimum Gasteiger partial charge on any atom is -0.478 e. The SMILES string of the molecule is O=C(O)c1ccc2c(-c3ccc(C(F)(F)F)cc3)cc3nccn3c2c1. The van der Waals surface area contributed by atoms with Crippen LogP contribution in [-0.4, -0.2) is 20.5 Å². The second-order valence-electron chi connectivity index (χ2n) is 5.83. The molecular weight excluding hydrogens is 345 g/mol. The first-order valence-corrected chi connectivity index (χ1v) is 7.65.